The Morgan fingerprint density at radius 1 is 1.11 bits per heavy atom. The predicted molar refractivity (Wildman–Crippen MR) is 81.6 cm³/mol. The topological polar surface area (TPSA) is 21.7 Å². The van der Waals surface area contributed by atoms with Gasteiger partial charge in [0.25, 0.3) is 0 Å². The predicted octanol–water partition coefficient (Wildman–Crippen LogP) is 3.24. The summed E-state index contributed by atoms with van der Waals surface area (Å²) >= 11 is 3.49. The fourth-order valence-corrected chi connectivity index (χ4v) is 2.96. The summed E-state index contributed by atoms with van der Waals surface area (Å²) in [5, 5.41) is 1.10. The quantitative estimate of drug-likeness (QED) is 0.591. The first-order valence-electron chi connectivity index (χ1n) is 6.80. The monoisotopic (exact) mass is 327 g/mol. The maximum atomic E-state index is 5.39. The number of benzene rings is 1. The second-order valence-electron chi connectivity index (χ2n) is 4.90. The largest absolute Gasteiger partial charge is 0.493 e. The Hall–Kier alpha value is -0.740. The van der Waals surface area contributed by atoms with Crippen molar-refractivity contribution >= 4 is 15.9 Å². The molecule has 2 rings (SSSR count). The van der Waals surface area contributed by atoms with Gasteiger partial charge in [0.05, 0.1) is 14.2 Å². The Balaban J connectivity index is 2.07. The summed E-state index contributed by atoms with van der Waals surface area (Å²) in [6.45, 7) is 3.35. The summed E-state index contributed by atoms with van der Waals surface area (Å²) in [7, 11) is 3.39. The summed E-state index contributed by atoms with van der Waals surface area (Å²) in [6.07, 6.45) is 3.60. The first-order valence-corrected chi connectivity index (χ1v) is 7.92. The minimum absolute atomic E-state index is 0.837. The van der Waals surface area contributed by atoms with E-state index in [0.29, 0.717) is 0 Å². The van der Waals surface area contributed by atoms with Gasteiger partial charge in [-0.2, -0.15) is 0 Å². The molecule has 3 nitrogen and oxygen atoms in total. The summed E-state index contributed by atoms with van der Waals surface area (Å²) in [5.74, 6) is 1.68. The van der Waals surface area contributed by atoms with Crippen LogP contribution >= 0.6 is 15.9 Å². The molecular formula is C15H22BrNO2. The molecule has 1 heterocycles. The molecule has 106 valence electrons. The molecule has 1 aliphatic heterocycles. The molecule has 0 spiro atoms. The van der Waals surface area contributed by atoms with Crippen LogP contribution in [0.4, 0.5) is 0 Å². The van der Waals surface area contributed by atoms with Crippen molar-refractivity contribution in [1.29, 1.82) is 0 Å². The zero-order valence-electron chi connectivity index (χ0n) is 11.7. The lowest BCUT2D eigenvalue weighted by atomic mass is 9.98. The van der Waals surface area contributed by atoms with Crippen LogP contribution in [0.25, 0.3) is 0 Å². The number of hydrogen-bond acceptors (Lipinski definition) is 3. The van der Waals surface area contributed by atoms with E-state index >= 15 is 0 Å². The smallest absolute Gasteiger partial charge is 0.161 e. The van der Waals surface area contributed by atoms with E-state index < -0.39 is 0 Å². The van der Waals surface area contributed by atoms with Gasteiger partial charge in [0.15, 0.2) is 11.5 Å². The van der Waals surface area contributed by atoms with Gasteiger partial charge < -0.3 is 9.47 Å². The van der Waals surface area contributed by atoms with Gasteiger partial charge in [0.2, 0.25) is 0 Å². The zero-order chi connectivity index (χ0) is 13.7. The lowest BCUT2D eigenvalue weighted by Crippen LogP contribution is -2.31. The van der Waals surface area contributed by atoms with Crippen molar-refractivity contribution in [3.8, 4) is 11.5 Å². The Morgan fingerprint density at radius 2 is 1.79 bits per heavy atom. The standard InChI is InChI=1S/C15H22BrNO2/c1-18-14-9-12-5-8-17(7-4-3-6-16)11-13(12)10-15(14)19-2/h9-10H,3-8,11H2,1-2H3. The number of fused-ring (bicyclic) bond motifs is 1. The Kier molecular flexibility index (Phi) is 5.52. The Morgan fingerprint density at radius 3 is 2.42 bits per heavy atom. The van der Waals surface area contributed by atoms with E-state index in [0.717, 1.165) is 36.3 Å². The molecule has 0 atom stereocenters. The molecule has 0 saturated carbocycles. The van der Waals surface area contributed by atoms with Gasteiger partial charge >= 0.3 is 0 Å². The first kappa shape index (κ1) is 14.7. The maximum Gasteiger partial charge on any atom is 0.161 e. The molecular weight excluding hydrogens is 306 g/mol. The Labute approximate surface area is 124 Å². The van der Waals surface area contributed by atoms with Gasteiger partial charge in [0, 0.05) is 18.4 Å². The van der Waals surface area contributed by atoms with Gasteiger partial charge in [0.1, 0.15) is 0 Å². The average Bonchev–Trinajstić information content (AvgIpc) is 2.46. The van der Waals surface area contributed by atoms with Crippen molar-refractivity contribution < 1.29 is 9.47 Å². The highest BCUT2D eigenvalue weighted by molar-refractivity contribution is 9.09. The number of halogens is 1. The molecule has 0 bridgehead atoms. The molecule has 0 aromatic heterocycles. The molecule has 1 aromatic rings. The number of hydrogen-bond donors (Lipinski definition) is 0. The zero-order valence-corrected chi connectivity index (χ0v) is 13.3. The second kappa shape index (κ2) is 7.15. The van der Waals surface area contributed by atoms with Crippen LogP contribution in [-0.4, -0.2) is 37.5 Å². The normalized spacial score (nSPS) is 15.1. The van der Waals surface area contributed by atoms with E-state index in [9.17, 15) is 0 Å². The third-order valence-electron chi connectivity index (χ3n) is 3.66. The molecule has 0 radical (unpaired) electrons. The fourth-order valence-electron chi connectivity index (χ4n) is 2.56. The van der Waals surface area contributed by atoms with Crippen LogP contribution in [-0.2, 0) is 13.0 Å². The number of alkyl halides is 1. The van der Waals surface area contributed by atoms with Crippen molar-refractivity contribution in [3.05, 3.63) is 23.3 Å². The SMILES string of the molecule is COc1cc2c(cc1OC)CN(CCCCBr)CC2. The van der Waals surface area contributed by atoms with Crippen LogP contribution in [0.1, 0.15) is 24.0 Å². The van der Waals surface area contributed by atoms with Crippen molar-refractivity contribution in [3.63, 3.8) is 0 Å². The first-order chi connectivity index (χ1) is 9.28. The van der Waals surface area contributed by atoms with E-state index in [1.807, 2.05) is 0 Å². The minimum atomic E-state index is 0.837. The third-order valence-corrected chi connectivity index (χ3v) is 4.22. The third kappa shape index (κ3) is 3.63. The number of unbranched alkanes of at least 4 members (excludes halogenated alkanes) is 1. The van der Waals surface area contributed by atoms with Crippen LogP contribution < -0.4 is 9.47 Å². The fraction of sp³-hybridized carbons (Fsp3) is 0.600. The summed E-state index contributed by atoms with van der Waals surface area (Å²) in [6, 6.07) is 4.26. The van der Waals surface area contributed by atoms with E-state index in [1.54, 1.807) is 14.2 Å². The highest BCUT2D eigenvalue weighted by Gasteiger charge is 2.18. The van der Waals surface area contributed by atoms with Crippen molar-refractivity contribution in [1.82, 2.24) is 4.90 Å². The summed E-state index contributed by atoms with van der Waals surface area (Å²) < 4.78 is 10.8. The highest BCUT2D eigenvalue weighted by atomic mass is 79.9. The van der Waals surface area contributed by atoms with Gasteiger partial charge in [-0.1, -0.05) is 15.9 Å². The van der Waals surface area contributed by atoms with E-state index in [1.165, 1.54) is 30.5 Å². The lowest BCUT2D eigenvalue weighted by molar-refractivity contribution is 0.249. The van der Waals surface area contributed by atoms with Gasteiger partial charge in [-0.3, -0.25) is 4.90 Å². The molecule has 1 aliphatic rings. The molecule has 4 heteroatoms. The number of nitrogens with zero attached hydrogens (tertiary/aromatic N) is 1. The molecule has 1 aromatic carbocycles. The molecule has 0 amide bonds. The molecule has 0 unspecified atom stereocenters. The van der Waals surface area contributed by atoms with E-state index in [-0.39, 0.29) is 0 Å². The number of ether oxygens (including phenoxy) is 2. The lowest BCUT2D eigenvalue weighted by Gasteiger charge is -2.29. The number of rotatable bonds is 6. The van der Waals surface area contributed by atoms with Crippen LogP contribution in [0, 0.1) is 0 Å². The summed E-state index contributed by atoms with van der Waals surface area (Å²) in [5.41, 5.74) is 2.78. The van der Waals surface area contributed by atoms with Crippen LogP contribution in [0.5, 0.6) is 11.5 Å². The average molecular weight is 328 g/mol. The van der Waals surface area contributed by atoms with Gasteiger partial charge in [-0.25, -0.2) is 0 Å². The second-order valence-corrected chi connectivity index (χ2v) is 5.69. The van der Waals surface area contributed by atoms with Crippen molar-refractivity contribution in [2.45, 2.75) is 25.8 Å². The molecule has 0 N–H and O–H groups in total. The number of methoxy groups -OCH3 is 2. The van der Waals surface area contributed by atoms with Gasteiger partial charge in [-0.05, 0) is 49.1 Å². The minimum Gasteiger partial charge on any atom is -0.493 e. The summed E-state index contributed by atoms with van der Waals surface area (Å²) in [4.78, 5) is 2.52. The highest BCUT2D eigenvalue weighted by Crippen LogP contribution is 2.33. The molecule has 19 heavy (non-hydrogen) atoms. The van der Waals surface area contributed by atoms with Crippen LogP contribution in [0.2, 0.25) is 0 Å². The maximum absolute atomic E-state index is 5.39. The molecule has 0 fully saturated rings. The molecule has 0 aliphatic carbocycles. The van der Waals surface area contributed by atoms with Crippen molar-refractivity contribution in [2.24, 2.45) is 0 Å². The van der Waals surface area contributed by atoms with Crippen LogP contribution in [0.3, 0.4) is 0 Å². The van der Waals surface area contributed by atoms with E-state index in [4.69, 9.17) is 9.47 Å². The Bertz CT molecular complexity index is 423. The van der Waals surface area contributed by atoms with Crippen molar-refractivity contribution in [2.75, 3.05) is 32.6 Å². The molecule has 0 saturated heterocycles. The van der Waals surface area contributed by atoms with Gasteiger partial charge in [-0.15, -0.1) is 0 Å². The van der Waals surface area contributed by atoms with E-state index in [2.05, 4.69) is 33.0 Å². The van der Waals surface area contributed by atoms with Crippen LogP contribution in [0.15, 0.2) is 12.1 Å².